The molecule has 0 bridgehead atoms. The van der Waals surface area contributed by atoms with Gasteiger partial charge in [-0.1, -0.05) is 5.16 Å². The van der Waals surface area contributed by atoms with Crippen LogP contribution in [-0.2, 0) is 12.7 Å². The smallest absolute Gasteiger partial charge is 0.334 e. The number of thiophene rings is 1. The maximum Gasteiger partial charge on any atom is 0.421 e. The van der Waals surface area contributed by atoms with E-state index in [0.717, 1.165) is 22.3 Å². The Bertz CT molecular complexity index is 837. The predicted molar refractivity (Wildman–Crippen MR) is 72.4 cm³/mol. The fourth-order valence-corrected chi connectivity index (χ4v) is 2.48. The molecule has 3 aromatic rings. The molecule has 0 saturated heterocycles. The number of halogens is 3. The fourth-order valence-electron chi connectivity index (χ4n) is 1.85. The number of alkyl halides is 3. The quantitative estimate of drug-likeness (QED) is 0.742. The van der Waals surface area contributed by atoms with Crippen LogP contribution >= 0.6 is 11.3 Å². The molecule has 3 heterocycles. The molecule has 0 atom stereocenters. The maximum atomic E-state index is 12.7. The van der Waals surface area contributed by atoms with Gasteiger partial charge in [0.15, 0.2) is 5.82 Å². The second-order valence-electron chi connectivity index (χ2n) is 4.38. The molecule has 5 nitrogen and oxygen atoms in total. The van der Waals surface area contributed by atoms with Gasteiger partial charge in [0.1, 0.15) is 5.56 Å². The Hall–Kier alpha value is -2.42. The lowest BCUT2D eigenvalue weighted by Gasteiger charge is -2.08. The van der Waals surface area contributed by atoms with Crippen LogP contribution in [0.3, 0.4) is 0 Å². The highest BCUT2D eigenvalue weighted by Gasteiger charge is 2.34. The minimum atomic E-state index is -4.70. The molecular formula is C13H8F3N3O2S. The van der Waals surface area contributed by atoms with E-state index >= 15 is 0 Å². The van der Waals surface area contributed by atoms with Crippen molar-refractivity contribution >= 4 is 11.3 Å². The van der Waals surface area contributed by atoms with E-state index in [0.29, 0.717) is 0 Å². The zero-order valence-corrected chi connectivity index (χ0v) is 11.7. The summed E-state index contributed by atoms with van der Waals surface area (Å²) in [6, 6.07) is 3.67. The first-order valence-corrected chi connectivity index (χ1v) is 7.01. The highest BCUT2D eigenvalue weighted by molar-refractivity contribution is 7.08. The fraction of sp³-hybridized carbons (Fsp3) is 0.154. The third kappa shape index (κ3) is 2.80. The van der Waals surface area contributed by atoms with Gasteiger partial charge in [-0.15, -0.1) is 0 Å². The summed E-state index contributed by atoms with van der Waals surface area (Å²) in [7, 11) is 0. The summed E-state index contributed by atoms with van der Waals surface area (Å²) < 4.78 is 44.0. The molecule has 0 spiro atoms. The minimum Gasteiger partial charge on any atom is -0.334 e. The van der Waals surface area contributed by atoms with Gasteiger partial charge >= 0.3 is 6.18 Å². The molecule has 0 aromatic carbocycles. The van der Waals surface area contributed by atoms with Crippen LogP contribution < -0.4 is 5.56 Å². The van der Waals surface area contributed by atoms with E-state index in [4.69, 9.17) is 4.52 Å². The van der Waals surface area contributed by atoms with Gasteiger partial charge in [-0.3, -0.25) is 4.79 Å². The van der Waals surface area contributed by atoms with Crippen molar-refractivity contribution in [2.75, 3.05) is 0 Å². The first-order valence-electron chi connectivity index (χ1n) is 6.07. The largest absolute Gasteiger partial charge is 0.421 e. The van der Waals surface area contributed by atoms with Crippen LogP contribution in [0.4, 0.5) is 13.2 Å². The number of pyridine rings is 1. The van der Waals surface area contributed by atoms with Crippen LogP contribution in [0, 0.1) is 0 Å². The zero-order valence-electron chi connectivity index (χ0n) is 10.9. The molecule has 9 heteroatoms. The Balaban J connectivity index is 1.90. The second-order valence-corrected chi connectivity index (χ2v) is 5.16. The second kappa shape index (κ2) is 5.41. The van der Waals surface area contributed by atoms with Crippen molar-refractivity contribution in [2.45, 2.75) is 12.7 Å². The minimum absolute atomic E-state index is 0.127. The zero-order chi connectivity index (χ0) is 15.7. The summed E-state index contributed by atoms with van der Waals surface area (Å²) in [6.07, 6.45) is -3.45. The summed E-state index contributed by atoms with van der Waals surface area (Å²) in [5.41, 5.74) is -1.64. The van der Waals surface area contributed by atoms with Crippen LogP contribution in [0.15, 0.2) is 44.5 Å². The van der Waals surface area contributed by atoms with Gasteiger partial charge in [-0.05, 0) is 23.6 Å². The van der Waals surface area contributed by atoms with Crippen LogP contribution in [0.2, 0.25) is 0 Å². The van der Waals surface area contributed by atoms with E-state index in [1.54, 1.807) is 11.4 Å². The van der Waals surface area contributed by atoms with Gasteiger partial charge in [-0.25, -0.2) is 0 Å². The van der Waals surface area contributed by atoms with Crippen molar-refractivity contribution in [1.82, 2.24) is 14.7 Å². The highest BCUT2D eigenvalue weighted by atomic mass is 32.1. The van der Waals surface area contributed by atoms with E-state index in [9.17, 15) is 18.0 Å². The standard InChI is InChI=1S/C13H8F3N3O2S/c14-13(15,16)9-2-1-4-19(12(9)20)6-10-17-11(21-18-10)8-3-5-22-7-8/h1-5,7H,6H2. The molecule has 22 heavy (non-hydrogen) atoms. The molecule has 114 valence electrons. The lowest BCUT2D eigenvalue weighted by Crippen LogP contribution is -2.28. The van der Waals surface area contributed by atoms with Crippen molar-refractivity contribution in [2.24, 2.45) is 0 Å². The van der Waals surface area contributed by atoms with Crippen molar-refractivity contribution < 1.29 is 17.7 Å². The van der Waals surface area contributed by atoms with E-state index in [-0.39, 0.29) is 18.3 Å². The van der Waals surface area contributed by atoms with Crippen molar-refractivity contribution in [3.05, 3.63) is 56.9 Å². The highest BCUT2D eigenvalue weighted by Crippen LogP contribution is 2.26. The molecule has 3 aromatic heterocycles. The van der Waals surface area contributed by atoms with Gasteiger partial charge in [0.05, 0.1) is 12.1 Å². The van der Waals surface area contributed by atoms with E-state index in [1.807, 2.05) is 5.38 Å². The third-order valence-corrected chi connectivity index (χ3v) is 3.56. The number of hydrogen-bond donors (Lipinski definition) is 0. The number of rotatable bonds is 3. The normalized spacial score (nSPS) is 11.8. The first-order chi connectivity index (χ1) is 10.4. The Kier molecular flexibility index (Phi) is 3.57. The van der Waals surface area contributed by atoms with Gasteiger partial charge in [-0.2, -0.15) is 29.5 Å². The molecule has 0 saturated carbocycles. The molecule has 3 rings (SSSR count). The average Bonchev–Trinajstić information content (AvgIpc) is 3.10. The van der Waals surface area contributed by atoms with Crippen molar-refractivity contribution in [3.63, 3.8) is 0 Å². The monoisotopic (exact) mass is 327 g/mol. The van der Waals surface area contributed by atoms with Gasteiger partial charge < -0.3 is 9.09 Å². The number of nitrogens with zero attached hydrogens (tertiary/aromatic N) is 3. The number of hydrogen-bond acceptors (Lipinski definition) is 5. The molecular weight excluding hydrogens is 319 g/mol. The summed E-state index contributed by atoms with van der Waals surface area (Å²) >= 11 is 1.45. The van der Waals surface area contributed by atoms with Crippen molar-refractivity contribution in [1.29, 1.82) is 0 Å². The van der Waals surface area contributed by atoms with Crippen LogP contribution in [0.1, 0.15) is 11.4 Å². The molecule has 0 amide bonds. The molecule has 0 radical (unpaired) electrons. The average molecular weight is 327 g/mol. The molecule has 0 N–H and O–H groups in total. The van der Waals surface area contributed by atoms with Crippen molar-refractivity contribution in [3.8, 4) is 11.5 Å². The molecule has 0 aliphatic rings. The lowest BCUT2D eigenvalue weighted by atomic mass is 10.2. The SMILES string of the molecule is O=c1c(C(F)(F)F)cccn1Cc1noc(-c2ccsc2)n1. The van der Waals surface area contributed by atoms with E-state index in [1.165, 1.54) is 17.5 Å². The Morgan fingerprint density at radius 2 is 2.14 bits per heavy atom. The third-order valence-electron chi connectivity index (χ3n) is 2.87. The van der Waals surface area contributed by atoms with E-state index < -0.39 is 17.3 Å². The van der Waals surface area contributed by atoms with Crippen LogP contribution in [0.25, 0.3) is 11.5 Å². The Morgan fingerprint density at radius 3 is 2.82 bits per heavy atom. The maximum absolute atomic E-state index is 12.7. The number of aromatic nitrogens is 3. The van der Waals surface area contributed by atoms with Crippen LogP contribution in [-0.4, -0.2) is 14.7 Å². The van der Waals surface area contributed by atoms with Crippen LogP contribution in [0.5, 0.6) is 0 Å². The Morgan fingerprint density at radius 1 is 1.32 bits per heavy atom. The van der Waals surface area contributed by atoms with Gasteiger partial charge in [0, 0.05) is 11.6 Å². The summed E-state index contributed by atoms with van der Waals surface area (Å²) in [5.74, 6) is 0.388. The summed E-state index contributed by atoms with van der Waals surface area (Å²) in [6.45, 7) is -0.198. The van der Waals surface area contributed by atoms with E-state index in [2.05, 4.69) is 10.1 Å². The molecule has 0 aliphatic heterocycles. The first kappa shape index (κ1) is 14.5. The Labute approximate surface area is 125 Å². The predicted octanol–water partition coefficient (Wildman–Crippen LogP) is 3.03. The lowest BCUT2D eigenvalue weighted by molar-refractivity contribution is -0.138. The summed E-state index contributed by atoms with van der Waals surface area (Å²) in [5, 5.41) is 7.31. The topological polar surface area (TPSA) is 60.9 Å². The molecule has 0 aliphatic carbocycles. The molecule has 0 unspecified atom stereocenters. The summed E-state index contributed by atoms with van der Waals surface area (Å²) in [4.78, 5) is 15.9. The van der Waals surface area contributed by atoms with Gasteiger partial charge in [0.25, 0.3) is 11.4 Å². The van der Waals surface area contributed by atoms with Gasteiger partial charge in [0.2, 0.25) is 0 Å². The molecule has 0 fully saturated rings.